The molecule has 3 nitrogen and oxygen atoms in total. The topological polar surface area (TPSA) is 45.8 Å². The number of aromatic nitrogens is 2. The van der Waals surface area contributed by atoms with E-state index in [1.807, 2.05) is 78.9 Å². The van der Waals surface area contributed by atoms with Gasteiger partial charge in [0.15, 0.2) is 5.78 Å². The van der Waals surface area contributed by atoms with E-state index in [9.17, 15) is 4.79 Å². The Morgan fingerprint density at radius 3 is 2.36 bits per heavy atom. The van der Waals surface area contributed by atoms with Gasteiger partial charge < -0.3 is 4.98 Å². The van der Waals surface area contributed by atoms with E-state index in [0.29, 0.717) is 11.1 Å². The van der Waals surface area contributed by atoms with Crippen LogP contribution in [0, 0.1) is 0 Å². The zero-order chi connectivity index (χ0) is 19.1. The minimum atomic E-state index is 0.00459. The van der Waals surface area contributed by atoms with Gasteiger partial charge in [0.2, 0.25) is 0 Å². The molecule has 0 atom stereocenters. The Hall–Kier alpha value is -3.24. The maximum absolute atomic E-state index is 13.2. The number of hydrogen-bond donors (Lipinski definition) is 1. The van der Waals surface area contributed by atoms with Crippen LogP contribution in [0.4, 0.5) is 0 Å². The van der Waals surface area contributed by atoms with E-state index >= 15 is 0 Å². The molecule has 0 radical (unpaired) electrons. The van der Waals surface area contributed by atoms with Crippen molar-refractivity contribution in [1.29, 1.82) is 0 Å². The van der Waals surface area contributed by atoms with Crippen molar-refractivity contribution in [1.82, 2.24) is 9.97 Å². The first-order valence-corrected chi connectivity index (χ1v) is 9.77. The van der Waals surface area contributed by atoms with Crippen molar-refractivity contribution in [2.24, 2.45) is 0 Å². The largest absolute Gasteiger partial charge is 0.359 e. The molecule has 0 amide bonds. The second kappa shape index (κ2) is 6.73. The molecule has 1 N–H and O–H groups in total. The summed E-state index contributed by atoms with van der Waals surface area (Å²) in [6.45, 7) is 0. The number of H-pyrrole nitrogens is 1. The van der Waals surface area contributed by atoms with E-state index in [-0.39, 0.29) is 5.78 Å². The van der Waals surface area contributed by atoms with E-state index in [1.165, 1.54) is 0 Å². The number of carbonyl (C=O) groups is 1. The SMILES string of the molecule is O=C(c1ccccc1)c1c[nH]c2c(-c3ccc(Br)cc3)nc3ccccc3c12. The number of halogens is 1. The van der Waals surface area contributed by atoms with Gasteiger partial charge in [-0.15, -0.1) is 0 Å². The fraction of sp³-hybridized carbons (Fsp3) is 0. The van der Waals surface area contributed by atoms with Crippen LogP contribution in [0.1, 0.15) is 15.9 Å². The van der Waals surface area contributed by atoms with Crippen molar-refractivity contribution in [3.8, 4) is 11.3 Å². The van der Waals surface area contributed by atoms with Crippen LogP contribution in [0.25, 0.3) is 33.1 Å². The average molecular weight is 427 g/mol. The molecule has 0 unspecified atom stereocenters. The van der Waals surface area contributed by atoms with Gasteiger partial charge >= 0.3 is 0 Å². The Bertz CT molecular complexity index is 1320. The van der Waals surface area contributed by atoms with Crippen molar-refractivity contribution < 1.29 is 4.79 Å². The highest BCUT2D eigenvalue weighted by atomic mass is 79.9. The normalized spacial score (nSPS) is 11.2. The summed E-state index contributed by atoms with van der Waals surface area (Å²) >= 11 is 3.48. The molecule has 0 aliphatic carbocycles. The molecule has 28 heavy (non-hydrogen) atoms. The summed E-state index contributed by atoms with van der Waals surface area (Å²) in [6.07, 6.45) is 1.80. The predicted octanol–water partition coefficient (Wildman–Crippen LogP) is 6.38. The van der Waals surface area contributed by atoms with Crippen molar-refractivity contribution in [2.45, 2.75) is 0 Å². The molecular weight excluding hydrogens is 412 g/mol. The van der Waals surface area contributed by atoms with Gasteiger partial charge in [-0.25, -0.2) is 4.98 Å². The van der Waals surface area contributed by atoms with E-state index < -0.39 is 0 Å². The van der Waals surface area contributed by atoms with E-state index in [1.54, 1.807) is 6.20 Å². The fourth-order valence-corrected chi connectivity index (χ4v) is 3.85. The fourth-order valence-electron chi connectivity index (χ4n) is 3.59. The Labute approximate surface area is 170 Å². The molecule has 134 valence electrons. The Kier molecular flexibility index (Phi) is 4.06. The maximum Gasteiger partial charge on any atom is 0.195 e. The van der Waals surface area contributed by atoms with E-state index in [4.69, 9.17) is 4.98 Å². The lowest BCUT2D eigenvalue weighted by molar-refractivity contribution is 0.104. The summed E-state index contributed by atoms with van der Waals surface area (Å²) in [5, 5.41) is 1.89. The molecular formula is C24H15BrN2O. The molecule has 0 fully saturated rings. The molecule has 0 saturated heterocycles. The van der Waals surface area contributed by atoms with Crippen LogP contribution in [-0.2, 0) is 0 Å². The van der Waals surface area contributed by atoms with Crippen molar-refractivity contribution in [3.63, 3.8) is 0 Å². The Morgan fingerprint density at radius 1 is 0.857 bits per heavy atom. The number of para-hydroxylation sites is 1. The van der Waals surface area contributed by atoms with Gasteiger partial charge in [-0.3, -0.25) is 4.79 Å². The standard InChI is InChI=1S/C24H15BrN2O/c25-17-12-10-15(11-13-17)22-23-21(18-8-4-5-9-20(18)27-22)19(14-26-23)24(28)16-6-2-1-3-7-16/h1-14,26H. The number of ketones is 1. The summed E-state index contributed by atoms with van der Waals surface area (Å²) in [5.41, 5.74) is 4.93. The molecule has 5 aromatic rings. The zero-order valence-corrected chi connectivity index (χ0v) is 16.4. The van der Waals surface area contributed by atoms with Crippen LogP contribution in [-0.4, -0.2) is 15.8 Å². The number of rotatable bonds is 3. The third kappa shape index (κ3) is 2.74. The minimum Gasteiger partial charge on any atom is -0.359 e. The van der Waals surface area contributed by atoms with Gasteiger partial charge in [-0.05, 0) is 18.2 Å². The highest BCUT2D eigenvalue weighted by molar-refractivity contribution is 9.10. The zero-order valence-electron chi connectivity index (χ0n) is 14.8. The van der Waals surface area contributed by atoms with Crippen LogP contribution >= 0.6 is 15.9 Å². The van der Waals surface area contributed by atoms with Gasteiger partial charge in [0.25, 0.3) is 0 Å². The Balaban J connectivity index is 1.83. The summed E-state index contributed by atoms with van der Waals surface area (Å²) in [6, 6.07) is 25.4. The van der Waals surface area contributed by atoms with Gasteiger partial charge in [0.1, 0.15) is 0 Å². The molecule has 0 saturated carbocycles. The molecule has 5 rings (SSSR count). The number of aromatic amines is 1. The quantitative estimate of drug-likeness (QED) is 0.340. The second-order valence-electron chi connectivity index (χ2n) is 6.63. The number of nitrogens with one attached hydrogen (secondary N) is 1. The minimum absolute atomic E-state index is 0.00459. The highest BCUT2D eigenvalue weighted by Crippen LogP contribution is 2.35. The lowest BCUT2D eigenvalue weighted by Gasteiger charge is -2.08. The van der Waals surface area contributed by atoms with Crippen LogP contribution in [0.15, 0.2) is 89.5 Å². The average Bonchev–Trinajstić information content (AvgIpc) is 3.19. The number of carbonyl (C=O) groups excluding carboxylic acids is 1. The molecule has 4 heteroatoms. The Morgan fingerprint density at radius 2 is 1.57 bits per heavy atom. The van der Waals surface area contributed by atoms with Crippen molar-refractivity contribution >= 4 is 43.5 Å². The molecule has 2 heterocycles. The van der Waals surface area contributed by atoms with E-state index in [0.717, 1.165) is 37.5 Å². The van der Waals surface area contributed by atoms with Gasteiger partial charge in [0, 0.05) is 38.1 Å². The summed E-state index contributed by atoms with van der Waals surface area (Å²) in [4.78, 5) is 21.4. The highest BCUT2D eigenvalue weighted by Gasteiger charge is 2.19. The number of hydrogen-bond acceptors (Lipinski definition) is 2. The molecule has 0 spiro atoms. The third-order valence-corrected chi connectivity index (χ3v) is 5.45. The number of benzene rings is 3. The van der Waals surface area contributed by atoms with Crippen LogP contribution in [0.3, 0.4) is 0 Å². The van der Waals surface area contributed by atoms with Gasteiger partial charge in [-0.1, -0.05) is 76.6 Å². The first-order valence-electron chi connectivity index (χ1n) is 8.98. The van der Waals surface area contributed by atoms with Gasteiger partial charge in [-0.2, -0.15) is 0 Å². The predicted molar refractivity (Wildman–Crippen MR) is 117 cm³/mol. The number of pyridine rings is 1. The summed E-state index contributed by atoms with van der Waals surface area (Å²) in [7, 11) is 0. The lowest BCUT2D eigenvalue weighted by atomic mass is 9.98. The monoisotopic (exact) mass is 426 g/mol. The second-order valence-corrected chi connectivity index (χ2v) is 7.55. The smallest absolute Gasteiger partial charge is 0.195 e. The molecule has 2 aromatic heterocycles. The molecule has 3 aromatic carbocycles. The molecule has 0 bridgehead atoms. The molecule has 0 aliphatic rings. The third-order valence-electron chi connectivity index (χ3n) is 4.92. The summed E-state index contributed by atoms with van der Waals surface area (Å²) in [5.74, 6) is 0.00459. The van der Waals surface area contributed by atoms with E-state index in [2.05, 4.69) is 20.9 Å². The maximum atomic E-state index is 13.2. The van der Waals surface area contributed by atoms with Crippen molar-refractivity contribution in [3.05, 3.63) is 101 Å². The van der Waals surface area contributed by atoms with Crippen LogP contribution < -0.4 is 0 Å². The van der Waals surface area contributed by atoms with Gasteiger partial charge in [0.05, 0.1) is 16.7 Å². The first kappa shape index (κ1) is 16.9. The van der Waals surface area contributed by atoms with Crippen molar-refractivity contribution in [2.75, 3.05) is 0 Å². The number of fused-ring (bicyclic) bond motifs is 3. The van der Waals surface area contributed by atoms with Crippen LogP contribution in [0.2, 0.25) is 0 Å². The first-order chi connectivity index (χ1) is 13.7. The van der Waals surface area contributed by atoms with Crippen LogP contribution in [0.5, 0.6) is 0 Å². The summed E-state index contributed by atoms with van der Waals surface area (Å²) < 4.78 is 1.01. The number of nitrogens with zero attached hydrogens (tertiary/aromatic N) is 1. The molecule has 0 aliphatic heterocycles. The lowest BCUT2D eigenvalue weighted by Crippen LogP contribution is -2.00.